The summed E-state index contributed by atoms with van der Waals surface area (Å²) in [6.45, 7) is 0. The summed E-state index contributed by atoms with van der Waals surface area (Å²) in [5, 5.41) is -0.0900. The maximum atomic E-state index is 6.92. The van der Waals surface area contributed by atoms with E-state index in [1.165, 1.54) is 77.0 Å². The molecule has 28 heavy (non-hydrogen) atoms. The largest absolute Gasteiger partial charge is 0.347 e. The second-order valence-electron chi connectivity index (χ2n) is 9.41. The zero-order valence-corrected chi connectivity index (χ0v) is 20.5. The van der Waals surface area contributed by atoms with Gasteiger partial charge in [-0.3, -0.25) is 0 Å². The molecule has 0 nitrogen and oxygen atoms in total. The van der Waals surface area contributed by atoms with Crippen molar-refractivity contribution in [2.75, 3.05) is 0 Å². The molecule has 0 aromatic rings. The van der Waals surface area contributed by atoms with Gasteiger partial charge in [-0.2, -0.15) is 0 Å². The van der Waals surface area contributed by atoms with Gasteiger partial charge in [-0.1, -0.05) is 36.0 Å². The van der Waals surface area contributed by atoms with Crippen LogP contribution in [0.2, 0.25) is 5.04 Å². The summed E-state index contributed by atoms with van der Waals surface area (Å²) in [6, 6.07) is -2.86. The third-order valence-corrected chi connectivity index (χ3v) is 12.8. The summed E-state index contributed by atoms with van der Waals surface area (Å²) < 4.78 is 0. The predicted molar refractivity (Wildman–Crippen MR) is 129 cm³/mol. The number of halogens is 3. The summed E-state index contributed by atoms with van der Waals surface area (Å²) in [6.07, 6.45) is 30.3. The van der Waals surface area contributed by atoms with Crippen LogP contribution in [0.1, 0.15) is 96.3 Å². The van der Waals surface area contributed by atoms with Crippen LogP contribution in [-0.2, 0) is 0 Å². The molecule has 0 saturated carbocycles. The smallest absolute Gasteiger partial charge is 0.125 e. The molecule has 0 saturated heterocycles. The fourth-order valence-corrected chi connectivity index (χ4v) is 8.95. The molecule has 0 radical (unpaired) electrons. The molecule has 0 spiro atoms. The lowest BCUT2D eigenvalue weighted by Crippen LogP contribution is -2.35. The molecule has 3 aliphatic rings. The summed E-state index contributed by atoms with van der Waals surface area (Å²) >= 11 is 20.8. The fraction of sp³-hybridized carbons (Fsp3) is 0.750. The lowest BCUT2D eigenvalue weighted by atomic mass is 9.79. The Labute approximate surface area is 187 Å². The fourth-order valence-electron chi connectivity index (χ4n) is 5.37. The molecule has 158 valence electrons. The van der Waals surface area contributed by atoms with E-state index in [-0.39, 0.29) is 5.04 Å². The van der Waals surface area contributed by atoms with Crippen molar-refractivity contribution < 1.29 is 0 Å². The zero-order chi connectivity index (χ0) is 19.9. The van der Waals surface area contributed by atoms with Gasteiger partial charge in [0.1, 0.15) is 0 Å². The second kappa shape index (κ2) is 11.1. The van der Waals surface area contributed by atoms with Crippen molar-refractivity contribution in [3.63, 3.8) is 0 Å². The Balaban J connectivity index is 1.74. The van der Waals surface area contributed by atoms with Gasteiger partial charge >= 0.3 is 6.00 Å². The second-order valence-corrected chi connectivity index (χ2v) is 18.3. The van der Waals surface area contributed by atoms with Crippen molar-refractivity contribution in [3.8, 4) is 0 Å². The molecule has 3 atom stereocenters. The Bertz CT molecular complexity index is 575. The van der Waals surface area contributed by atoms with Crippen LogP contribution in [0.5, 0.6) is 0 Å². The highest BCUT2D eigenvalue weighted by atomic mass is 35.8. The highest BCUT2D eigenvalue weighted by Crippen LogP contribution is 2.59. The van der Waals surface area contributed by atoms with Crippen LogP contribution in [0.15, 0.2) is 36.0 Å². The molecule has 0 amide bonds. The Morgan fingerprint density at radius 2 is 1.75 bits per heavy atom. The van der Waals surface area contributed by atoms with Crippen LogP contribution in [0.4, 0.5) is 0 Å². The third kappa shape index (κ3) is 6.66. The summed E-state index contributed by atoms with van der Waals surface area (Å²) in [7, 11) is 0. The number of hydrogen-bond acceptors (Lipinski definition) is 0. The monoisotopic (exact) mass is 458 g/mol. The highest BCUT2D eigenvalue weighted by Gasteiger charge is 2.51. The van der Waals surface area contributed by atoms with Crippen molar-refractivity contribution in [2.24, 2.45) is 11.8 Å². The van der Waals surface area contributed by atoms with Gasteiger partial charge in [0.15, 0.2) is 0 Å². The van der Waals surface area contributed by atoms with Crippen LogP contribution in [-0.4, -0.2) is 6.00 Å². The van der Waals surface area contributed by atoms with Crippen molar-refractivity contribution in [3.05, 3.63) is 36.0 Å². The Kier molecular flexibility index (Phi) is 9.09. The van der Waals surface area contributed by atoms with Crippen LogP contribution in [0, 0.1) is 11.8 Å². The van der Waals surface area contributed by atoms with Crippen molar-refractivity contribution in [2.45, 2.75) is 101 Å². The Morgan fingerprint density at radius 1 is 0.893 bits per heavy atom. The molecule has 0 fully saturated rings. The minimum atomic E-state index is -2.86. The molecule has 4 heteroatoms. The molecule has 0 aromatic heterocycles. The highest BCUT2D eigenvalue weighted by molar-refractivity contribution is 7.65. The average molecular weight is 460 g/mol. The molecule has 0 N–H and O–H groups in total. The summed E-state index contributed by atoms with van der Waals surface area (Å²) in [5.41, 5.74) is 1.58. The van der Waals surface area contributed by atoms with Gasteiger partial charge in [-0.05, 0) is 108 Å². The van der Waals surface area contributed by atoms with Crippen molar-refractivity contribution in [1.29, 1.82) is 0 Å². The van der Waals surface area contributed by atoms with Crippen LogP contribution in [0.3, 0.4) is 0 Å². The van der Waals surface area contributed by atoms with E-state index in [9.17, 15) is 0 Å². The molecule has 0 aromatic carbocycles. The van der Waals surface area contributed by atoms with Gasteiger partial charge in [-0.15, -0.1) is 33.2 Å². The number of rotatable bonds is 9. The lowest BCUT2D eigenvalue weighted by molar-refractivity contribution is 0.342. The number of hydrogen-bond donors (Lipinski definition) is 0. The SMILES string of the molecule is Cl[Si](Cl)(Cl)C(CCC1C=CCCC1)(CCC1CC=CCC1)CC1=CCCCC1. The van der Waals surface area contributed by atoms with Crippen LogP contribution in [0.25, 0.3) is 0 Å². The zero-order valence-electron chi connectivity index (χ0n) is 17.3. The number of allylic oxidation sites excluding steroid dienone is 6. The third-order valence-electron chi connectivity index (χ3n) is 7.31. The van der Waals surface area contributed by atoms with Crippen LogP contribution >= 0.6 is 33.2 Å². The lowest BCUT2D eigenvalue weighted by Gasteiger charge is -2.41. The first-order chi connectivity index (χ1) is 13.5. The quantitative estimate of drug-likeness (QED) is 0.183. The topological polar surface area (TPSA) is 0 Å². The maximum absolute atomic E-state index is 6.92. The van der Waals surface area contributed by atoms with Gasteiger partial charge in [-0.25, -0.2) is 0 Å². The minimum absolute atomic E-state index is 0.0900. The normalized spacial score (nSPS) is 28.0. The van der Waals surface area contributed by atoms with Gasteiger partial charge in [0.05, 0.1) is 0 Å². The molecule has 3 aliphatic carbocycles. The summed E-state index contributed by atoms with van der Waals surface area (Å²) in [5.74, 6) is 1.47. The standard InChI is InChI=1S/C24H37Cl3Si/c25-28(26,27)24(20-23-14-8-3-9-15-23,18-16-21-10-4-1-5-11-21)19-17-22-12-6-2-7-13-22/h1,4,6,12,14,21-22H,2-3,5,7-11,13,15-20H2. The van der Waals surface area contributed by atoms with Gasteiger partial charge in [0, 0.05) is 5.04 Å². The molecule has 0 heterocycles. The molecular formula is C24H37Cl3Si. The molecular weight excluding hydrogens is 423 g/mol. The van der Waals surface area contributed by atoms with E-state index >= 15 is 0 Å². The first kappa shape index (κ1) is 23.0. The Hall–Kier alpha value is 0.307. The van der Waals surface area contributed by atoms with Gasteiger partial charge in [0.2, 0.25) is 0 Å². The van der Waals surface area contributed by atoms with E-state index in [2.05, 4.69) is 30.4 Å². The van der Waals surface area contributed by atoms with Crippen LogP contribution < -0.4 is 0 Å². The maximum Gasteiger partial charge on any atom is 0.347 e. The average Bonchev–Trinajstić information content (AvgIpc) is 2.71. The predicted octanol–water partition coefficient (Wildman–Crippen LogP) is 9.55. The molecule has 3 unspecified atom stereocenters. The molecule has 0 aliphatic heterocycles. The van der Waals surface area contributed by atoms with E-state index < -0.39 is 6.00 Å². The van der Waals surface area contributed by atoms with E-state index in [1.54, 1.807) is 5.57 Å². The van der Waals surface area contributed by atoms with Crippen molar-refractivity contribution in [1.82, 2.24) is 0 Å². The first-order valence-corrected chi connectivity index (χ1v) is 16.6. The van der Waals surface area contributed by atoms with Crippen molar-refractivity contribution >= 4 is 39.2 Å². The van der Waals surface area contributed by atoms with E-state index in [0.717, 1.165) is 25.2 Å². The molecule has 3 rings (SSSR count). The minimum Gasteiger partial charge on any atom is -0.125 e. The summed E-state index contributed by atoms with van der Waals surface area (Å²) in [4.78, 5) is 0. The van der Waals surface area contributed by atoms with E-state index in [1.807, 2.05) is 0 Å². The first-order valence-electron chi connectivity index (χ1n) is 11.5. The van der Waals surface area contributed by atoms with Gasteiger partial charge in [0.25, 0.3) is 0 Å². The van der Waals surface area contributed by atoms with E-state index in [0.29, 0.717) is 5.92 Å². The van der Waals surface area contributed by atoms with Gasteiger partial charge < -0.3 is 0 Å². The van der Waals surface area contributed by atoms with E-state index in [4.69, 9.17) is 33.2 Å². The Morgan fingerprint density at radius 3 is 2.39 bits per heavy atom. The molecule has 0 bridgehead atoms.